The smallest absolute Gasteiger partial charge is 0.238 e. The van der Waals surface area contributed by atoms with Crippen LogP contribution in [-0.2, 0) is 11.3 Å². The van der Waals surface area contributed by atoms with Crippen LogP contribution in [0.2, 0.25) is 0 Å². The zero-order valence-electron chi connectivity index (χ0n) is 10.6. The van der Waals surface area contributed by atoms with Gasteiger partial charge in [0.25, 0.3) is 0 Å². The minimum Gasteiger partial charge on any atom is -0.324 e. The third kappa shape index (κ3) is 4.16. The van der Waals surface area contributed by atoms with Crippen LogP contribution >= 0.6 is 27.3 Å². The predicted molar refractivity (Wildman–Crippen MR) is 83.5 cm³/mol. The second-order valence-electron chi connectivity index (χ2n) is 4.16. The standard InChI is InChI=1S/C14H15BrN2OS/c1-10-6-7-19-13(10)8-16-9-14(18)17-12-5-3-2-4-11(12)15/h2-7,16H,8-9H2,1H3,(H,17,18). The van der Waals surface area contributed by atoms with E-state index < -0.39 is 0 Å². The number of hydrogen-bond donors (Lipinski definition) is 2. The lowest BCUT2D eigenvalue weighted by Gasteiger charge is -2.08. The molecule has 0 aliphatic rings. The van der Waals surface area contributed by atoms with Crippen LogP contribution in [0.15, 0.2) is 40.2 Å². The van der Waals surface area contributed by atoms with Gasteiger partial charge in [-0.05, 0) is 52.0 Å². The molecule has 5 heteroatoms. The summed E-state index contributed by atoms with van der Waals surface area (Å²) in [6, 6.07) is 9.66. The molecule has 0 unspecified atom stereocenters. The molecule has 0 atom stereocenters. The molecule has 1 amide bonds. The van der Waals surface area contributed by atoms with Crippen molar-refractivity contribution in [1.29, 1.82) is 0 Å². The normalized spacial score (nSPS) is 10.4. The van der Waals surface area contributed by atoms with E-state index in [0.29, 0.717) is 6.54 Å². The highest BCUT2D eigenvalue weighted by molar-refractivity contribution is 9.10. The highest BCUT2D eigenvalue weighted by Gasteiger charge is 2.05. The number of benzene rings is 1. The number of amides is 1. The summed E-state index contributed by atoms with van der Waals surface area (Å²) < 4.78 is 0.887. The van der Waals surface area contributed by atoms with Gasteiger partial charge in [-0.25, -0.2) is 0 Å². The summed E-state index contributed by atoms with van der Waals surface area (Å²) in [5.41, 5.74) is 2.06. The van der Waals surface area contributed by atoms with Crippen molar-refractivity contribution in [2.24, 2.45) is 0 Å². The minimum absolute atomic E-state index is 0.0406. The first-order valence-electron chi connectivity index (χ1n) is 5.95. The third-order valence-electron chi connectivity index (χ3n) is 2.69. The molecule has 0 saturated carbocycles. The molecular weight excluding hydrogens is 324 g/mol. The number of rotatable bonds is 5. The Kier molecular flexibility index (Phi) is 5.13. The van der Waals surface area contributed by atoms with Crippen LogP contribution in [0.5, 0.6) is 0 Å². The maximum Gasteiger partial charge on any atom is 0.238 e. The molecule has 3 nitrogen and oxygen atoms in total. The van der Waals surface area contributed by atoms with Gasteiger partial charge in [-0.15, -0.1) is 11.3 Å². The number of carbonyl (C=O) groups is 1. The first kappa shape index (κ1) is 14.2. The summed E-state index contributed by atoms with van der Waals surface area (Å²) >= 11 is 5.11. The summed E-state index contributed by atoms with van der Waals surface area (Å²) in [5.74, 6) is -0.0406. The molecule has 19 heavy (non-hydrogen) atoms. The molecule has 0 fully saturated rings. The van der Waals surface area contributed by atoms with Crippen molar-refractivity contribution in [3.8, 4) is 0 Å². The Labute approximate surface area is 125 Å². The topological polar surface area (TPSA) is 41.1 Å². The van der Waals surface area contributed by atoms with Gasteiger partial charge >= 0.3 is 0 Å². The van der Waals surface area contributed by atoms with E-state index in [1.807, 2.05) is 24.3 Å². The van der Waals surface area contributed by atoms with E-state index in [1.54, 1.807) is 11.3 Å². The fraction of sp³-hybridized carbons (Fsp3) is 0.214. The average Bonchev–Trinajstić information content (AvgIpc) is 2.78. The molecule has 0 radical (unpaired) electrons. The fourth-order valence-electron chi connectivity index (χ4n) is 1.63. The minimum atomic E-state index is -0.0406. The van der Waals surface area contributed by atoms with Crippen molar-refractivity contribution in [2.75, 3.05) is 11.9 Å². The number of para-hydroxylation sites is 1. The first-order valence-corrected chi connectivity index (χ1v) is 7.62. The van der Waals surface area contributed by atoms with Crippen molar-refractivity contribution in [1.82, 2.24) is 5.32 Å². The first-order chi connectivity index (χ1) is 9.16. The van der Waals surface area contributed by atoms with Gasteiger partial charge in [0.15, 0.2) is 0 Å². The lowest BCUT2D eigenvalue weighted by atomic mass is 10.3. The molecule has 0 aliphatic carbocycles. The van der Waals surface area contributed by atoms with Crippen molar-refractivity contribution >= 4 is 38.9 Å². The zero-order chi connectivity index (χ0) is 13.7. The molecular formula is C14H15BrN2OS. The molecule has 0 saturated heterocycles. The summed E-state index contributed by atoms with van der Waals surface area (Å²) in [5, 5.41) is 8.07. The monoisotopic (exact) mass is 338 g/mol. The Morgan fingerprint density at radius 3 is 2.79 bits per heavy atom. The van der Waals surface area contributed by atoms with Gasteiger partial charge in [0, 0.05) is 15.9 Å². The quantitative estimate of drug-likeness (QED) is 0.875. The zero-order valence-corrected chi connectivity index (χ0v) is 13.0. The van der Waals surface area contributed by atoms with Crippen LogP contribution in [0.1, 0.15) is 10.4 Å². The largest absolute Gasteiger partial charge is 0.324 e. The average molecular weight is 339 g/mol. The number of hydrogen-bond acceptors (Lipinski definition) is 3. The molecule has 0 aliphatic heterocycles. The van der Waals surface area contributed by atoms with Crippen molar-refractivity contribution in [3.63, 3.8) is 0 Å². The Bertz CT molecular complexity index is 568. The molecule has 2 aromatic rings. The Morgan fingerprint density at radius 1 is 1.32 bits per heavy atom. The molecule has 2 N–H and O–H groups in total. The van der Waals surface area contributed by atoms with Gasteiger partial charge in [-0.1, -0.05) is 12.1 Å². The maximum atomic E-state index is 11.8. The summed E-state index contributed by atoms with van der Waals surface area (Å²) in [4.78, 5) is 13.1. The SMILES string of the molecule is Cc1ccsc1CNCC(=O)Nc1ccccc1Br. The molecule has 0 bridgehead atoms. The third-order valence-corrected chi connectivity index (χ3v) is 4.40. The highest BCUT2D eigenvalue weighted by atomic mass is 79.9. The van der Waals surface area contributed by atoms with Gasteiger partial charge in [0.05, 0.1) is 12.2 Å². The van der Waals surface area contributed by atoms with E-state index in [4.69, 9.17) is 0 Å². The summed E-state index contributed by atoms with van der Waals surface area (Å²) in [6.07, 6.45) is 0. The fourth-order valence-corrected chi connectivity index (χ4v) is 2.89. The number of thiophene rings is 1. The second kappa shape index (κ2) is 6.84. The molecule has 1 heterocycles. The molecule has 100 valence electrons. The maximum absolute atomic E-state index is 11.8. The van der Waals surface area contributed by atoms with E-state index in [-0.39, 0.29) is 5.91 Å². The Hall–Kier alpha value is -1.17. The van der Waals surface area contributed by atoms with E-state index in [2.05, 4.69) is 44.9 Å². The predicted octanol–water partition coefficient (Wildman–Crippen LogP) is 3.55. The Balaban J connectivity index is 1.79. The second-order valence-corrected chi connectivity index (χ2v) is 6.01. The van der Waals surface area contributed by atoms with Gasteiger partial charge < -0.3 is 10.6 Å². The van der Waals surface area contributed by atoms with E-state index >= 15 is 0 Å². The lowest BCUT2D eigenvalue weighted by Crippen LogP contribution is -2.27. The van der Waals surface area contributed by atoms with Crippen LogP contribution < -0.4 is 10.6 Å². The number of halogens is 1. The number of aryl methyl sites for hydroxylation is 1. The summed E-state index contributed by atoms with van der Waals surface area (Å²) in [7, 11) is 0. The van der Waals surface area contributed by atoms with Gasteiger partial charge in [0.2, 0.25) is 5.91 Å². The van der Waals surface area contributed by atoms with Crippen LogP contribution in [0.25, 0.3) is 0 Å². The van der Waals surface area contributed by atoms with E-state index in [9.17, 15) is 4.79 Å². The van der Waals surface area contributed by atoms with E-state index in [0.717, 1.165) is 16.7 Å². The summed E-state index contributed by atoms with van der Waals surface area (Å²) in [6.45, 7) is 3.11. The van der Waals surface area contributed by atoms with Crippen LogP contribution in [0.3, 0.4) is 0 Å². The molecule has 1 aromatic carbocycles. The Morgan fingerprint density at radius 2 is 2.11 bits per heavy atom. The van der Waals surface area contributed by atoms with Crippen LogP contribution in [0.4, 0.5) is 5.69 Å². The van der Waals surface area contributed by atoms with Gasteiger partial charge in [-0.3, -0.25) is 4.79 Å². The molecule has 0 spiro atoms. The highest BCUT2D eigenvalue weighted by Crippen LogP contribution is 2.20. The van der Waals surface area contributed by atoms with Gasteiger partial charge in [-0.2, -0.15) is 0 Å². The number of anilines is 1. The van der Waals surface area contributed by atoms with Crippen molar-refractivity contribution in [3.05, 3.63) is 50.6 Å². The van der Waals surface area contributed by atoms with Gasteiger partial charge in [0.1, 0.15) is 0 Å². The van der Waals surface area contributed by atoms with E-state index in [1.165, 1.54) is 10.4 Å². The molecule has 1 aromatic heterocycles. The van der Waals surface area contributed by atoms with Crippen molar-refractivity contribution < 1.29 is 4.79 Å². The van der Waals surface area contributed by atoms with Crippen LogP contribution in [-0.4, -0.2) is 12.5 Å². The molecule has 2 rings (SSSR count). The van der Waals surface area contributed by atoms with Crippen LogP contribution in [0, 0.1) is 6.92 Å². The number of nitrogens with one attached hydrogen (secondary N) is 2. The van der Waals surface area contributed by atoms with Crippen molar-refractivity contribution in [2.45, 2.75) is 13.5 Å². The lowest BCUT2D eigenvalue weighted by molar-refractivity contribution is -0.115. The number of carbonyl (C=O) groups excluding carboxylic acids is 1.